The van der Waals surface area contributed by atoms with Gasteiger partial charge in [-0.25, -0.2) is 0 Å². The van der Waals surface area contributed by atoms with Crippen molar-refractivity contribution >= 4 is 5.91 Å². The van der Waals surface area contributed by atoms with Crippen LogP contribution in [0.2, 0.25) is 0 Å². The minimum atomic E-state index is 0.141. The van der Waals surface area contributed by atoms with Gasteiger partial charge in [-0.2, -0.15) is 0 Å². The SMILES string of the molecule is Cc1noc(C)c1CNC(=O)CCC1CCCC1. The fraction of sp³-hybridized carbons (Fsp3) is 0.714. The van der Waals surface area contributed by atoms with E-state index in [2.05, 4.69) is 10.5 Å². The molecule has 1 aliphatic rings. The van der Waals surface area contributed by atoms with Crippen LogP contribution in [0.4, 0.5) is 0 Å². The zero-order valence-electron chi connectivity index (χ0n) is 11.3. The summed E-state index contributed by atoms with van der Waals surface area (Å²) in [6, 6.07) is 0. The van der Waals surface area contributed by atoms with Gasteiger partial charge >= 0.3 is 0 Å². The van der Waals surface area contributed by atoms with Crippen molar-refractivity contribution in [2.24, 2.45) is 5.92 Å². The minimum absolute atomic E-state index is 0.141. The van der Waals surface area contributed by atoms with Crippen LogP contribution in [0.5, 0.6) is 0 Å². The zero-order valence-corrected chi connectivity index (χ0v) is 11.3. The molecule has 0 unspecified atom stereocenters. The highest BCUT2D eigenvalue weighted by molar-refractivity contribution is 5.75. The third-order valence-corrected chi connectivity index (χ3v) is 3.90. The summed E-state index contributed by atoms with van der Waals surface area (Å²) in [5.74, 6) is 1.71. The van der Waals surface area contributed by atoms with Gasteiger partial charge in [-0.1, -0.05) is 30.8 Å². The van der Waals surface area contributed by atoms with E-state index in [1.165, 1.54) is 25.7 Å². The molecule has 1 N–H and O–H groups in total. The molecule has 1 aliphatic carbocycles. The second kappa shape index (κ2) is 6.03. The highest BCUT2D eigenvalue weighted by Crippen LogP contribution is 2.28. The Morgan fingerprint density at radius 1 is 1.39 bits per heavy atom. The van der Waals surface area contributed by atoms with Gasteiger partial charge in [-0.05, 0) is 26.2 Å². The molecule has 0 saturated heterocycles. The summed E-state index contributed by atoms with van der Waals surface area (Å²) in [6.07, 6.45) is 6.96. The first-order chi connectivity index (χ1) is 8.66. The van der Waals surface area contributed by atoms with E-state index in [0.29, 0.717) is 13.0 Å². The third-order valence-electron chi connectivity index (χ3n) is 3.90. The number of carbonyl (C=O) groups excluding carboxylic acids is 1. The van der Waals surface area contributed by atoms with E-state index < -0.39 is 0 Å². The highest BCUT2D eigenvalue weighted by atomic mass is 16.5. The maximum Gasteiger partial charge on any atom is 0.220 e. The Hall–Kier alpha value is -1.32. The molecule has 4 heteroatoms. The largest absolute Gasteiger partial charge is 0.361 e. The van der Waals surface area contributed by atoms with Crippen molar-refractivity contribution in [3.8, 4) is 0 Å². The van der Waals surface area contributed by atoms with Gasteiger partial charge in [0.15, 0.2) is 0 Å². The molecule has 0 aliphatic heterocycles. The van der Waals surface area contributed by atoms with Crippen LogP contribution in [0.3, 0.4) is 0 Å². The van der Waals surface area contributed by atoms with E-state index in [1.807, 2.05) is 13.8 Å². The first-order valence-corrected chi connectivity index (χ1v) is 6.85. The van der Waals surface area contributed by atoms with Gasteiger partial charge in [0.25, 0.3) is 0 Å². The number of rotatable bonds is 5. The van der Waals surface area contributed by atoms with Crippen LogP contribution in [0.25, 0.3) is 0 Å². The topological polar surface area (TPSA) is 55.1 Å². The maximum atomic E-state index is 11.8. The Kier molecular flexibility index (Phi) is 4.39. The molecule has 1 aromatic heterocycles. The lowest BCUT2D eigenvalue weighted by Crippen LogP contribution is -2.23. The predicted octanol–water partition coefficient (Wildman–Crippen LogP) is 2.88. The minimum Gasteiger partial charge on any atom is -0.361 e. The number of aromatic nitrogens is 1. The van der Waals surface area contributed by atoms with Crippen molar-refractivity contribution in [1.82, 2.24) is 10.5 Å². The van der Waals surface area contributed by atoms with E-state index >= 15 is 0 Å². The number of carbonyl (C=O) groups is 1. The van der Waals surface area contributed by atoms with Crippen molar-refractivity contribution in [3.63, 3.8) is 0 Å². The molecule has 0 spiro atoms. The maximum absolute atomic E-state index is 11.8. The van der Waals surface area contributed by atoms with Gasteiger partial charge in [0.1, 0.15) is 5.76 Å². The molecular formula is C14H22N2O2. The van der Waals surface area contributed by atoms with E-state index in [-0.39, 0.29) is 5.91 Å². The van der Waals surface area contributed by atoms with Gasteiger partial charge in [0.05, 0.1) is 5.69 Å². The van der Waals surface area contributed by atoms with Crippen molar-refractivity contribution in [2.75, 3.05) is 0 Å². The number of nitrogens with one attached hydrogen (secondary N) is 1. The third kappa shape index (κ3) is 3.34. The van der Waals surface area contributed by atoms with Crippen LogP contribution in [0, 0.1) is 19.8 Å². The van der Waals surface area contributed by atoms with Crippen LogP contribution in [0.15, 0.2) is 4.52 Å². The van der Waals surface area contributed by atoms with Gasteiger partial charge in [-0.15, -0.1) is 0 Å². The van der Waals surface area contributed by atoms with E-state index in [1.54, 1.807) is 0 Å². The molecule has 1 heterocycles. The van der Waals surface area contributed by atoms with Crippen molar-refractivity contribution < 1.29 is 9.32 Å². The highest BCUT2D eigenvalue weighted by Gasteiger charge is 2.16. The van der Waals surface area contributed by atoms with E-state index in [4.69, 9.17) is 4.52 Å². The van der Waals surface area contributed by atoms with Crippen LogP contribution in [-0.4, -0.2) is 11.1 Å². The summed E-state index contributed by atoms with van der Waals surface area (Å²) in [5, 5.41) is 6.83. The summed E-state index contributed by atoms with van der Waals surface area (Å²) in [7, 11) is 0. The first-order valence-electron chi connectivity index (χ1n) is 6.85. The van der Waals surface area contributed by atoms with Crippen molar-refractivity contribution in [1.29, 1.82) is 0 Å². The summed E-state index contributed by atoms with van der Waals surface area (Å²) in [4.78, 5) is 11.8. The Morgan fingerprint density at radius 3 is 2.72 bits per heavy atom. The molecule has 0 radical (unpaired) electrons. The summed E-state index contributed by atoms with van der Waals surface area (Å²) in [5.41, 5.74) is 1.87. The quantitative estimate of drug-likeness (QED) is 0.874. The second-order valence-corrected chi connectivity index (χ2v) is 5.27. The van der Waals surface area contributed by atoms with Crippen LogP contribution in [-0.2, 0) is 11.3 Å². The number of hydrogen-bond donors (Lipinski definition) is 1. The lowest BCUT2D eigenvalue weighted by atomic mass is 10.0. The molecule has 1 saturated carbocycles. The monoisotopic (exact) mass is 250 g/mol. The fourth-order valence-electron chi connectivity index (χ4n) is 2.66. The lowest BCUT2D eigenvalue weighted by molar-refractivity contribution is -0.121. The number of aryl methyl sites for hydroxylation is 2. The molecule has 4 nitrogen and oxygen atoms in total. The molecule has 2 rings (SSSR count). The van der Waals surface area contributed by atoms with Gasteiger partial charge in [-0.3, -0.25) is 4.79 Å². The Morgan fingerprint density at radius 2 is 2.11 bits per heavy atom. The number of amides is 1. The summed E-state index contributed by atoms with van der Waals surface area (Å²) >= 11 is 0. The molecule has 0 atom stereocenters. The molecule has 18 heavy (non-hydrogen) atoms. The number of hydrogen-bond acceptors (Lipinski definition) is 3. The van der Waals surface area contributed by atoms with Crippen LogP contribution < -0.4 is 5.32 Å². The molecule has 0 aromatic carbocycles. The summed E-state index contributed by atoms with van der Waals surface area (Å²) < 4.78 is 5.07. The van der Waals surface area contributed by atoms with Gasteiger partial charge < -0.3 is 9.84 Å². The Balaban J connectivity index is 1.71. The standard InChI is InChI=1S/C14H22N2O2/c1-10-13(11(2)18-16-10)9-15-14(17)8-7-12-5-3-4-6-12/h12H,3-9H2,1-2H3,(H,15,17). The van der Waals surface area contributed by atoms with Gasteiger partial charge in [0, 0.05) is 18.5 Å². The van der Waals surface area contributed by atoms with Crippen molar-refractivity contribution in [2.45, 2.75) is 58.9 Å². The normalized spacial score (nSPS) is 16.1. The molecule has 1 amide bonds. The average molecular weight is 250 g/mol. The Bertz CT molecular complexity index is 386. The second-order valence-electron chi connectivity index (χ2n) is 5.27. The average Bonchev–Trinajstić information content (AvgIpc) is 2.96. The number of nitrogens with zero attached hydrogens (tertiary/aromatic N) is 1. The molecule has 0 bridgehead atoms. The van der Waals surface area contributed by atoms with E-state index in [9.17, 15) is 4.79 Å². The van der Waals surface area contributed by atoms with Crippen molar-refractivity contribution in [3.05, 3.63) is 17.0 Å². The van der Waals surface area contributed by atoms with Gasteiger partial charge in [0.2, 0.25) is 5.91 Å². The Labute approximate surface area is 108 Å². The van der Waals surface area contributed by atoms with Crippen LogP contribution >= 0.6 is 0 Å². The lowest BCUT2D eigenvalue weighted by Gasteiger charge is -2.08. The van der Waals surface area contributed by atoms with Crippen LogP contribution in [0.1, 0.15) is 55.5 Å². The summed E-state index contributed by atoms with van der Waals surface area (Å²) in [6.45, 7) is 4.31. The predicted molar refractivity (Wildman–Crippen MR) is 69.0 cm³/mol. The molecule has 100 valence electrons. The van der Waals surface area contributed by atoms with E-state index in [0.717, 1.165) is 29.4 Å². The fourth-order valence-corrected chi connectivity index (χ4v) is 2.66. The molecular weight excluding hydrogens is 228 g/mol. The first kappa shape index (κ1) is 13.1. The molecule has 1 fully saturated rings. The smallest absolute Gasteiger partial charge is 0.220 e. The molecule has 1 aromatic rings. The zero-order chi connectivity index (χ0) is 13.0.